The molecule has 0 aromatic heterocycles. The van der Waals surface area contributed by atoms with Gasteiger partial charge in [0.1, 0.15) is 0 Å². The van der Waals surface area contributed by atoms with Gasteiger partial charge in [0.2, 0.25) is 0 Å². The number of aliphatic hydroxyl groups is 1. The van der Waals surface area contributed by atoms with Crippen LogP contribution in [0.3, 0.4) is 0 Å². The molecule has 2 atom stereocenters. The van der Waals surface area contributed by atoms with Gasteiger partial charge in [-0.1, -0.05) is 18.2 Å². The minimum absolute atomic E-state index is 0.0638. The van der Waals surface area contributed by atoms with Gasteiger partial charge in [0, 0.05) is 6.42 Å². The van der Waals surface area contributed by atoms with Gasteiger partial charge in [-0.2, -0.15) is 0 Å². The maximum absolute atomic E-state index is 9.45. The third kappa shape index (κ3) is 3.21. The number of ether oxygens (including phenoxy) is 1. The fraction of sp³-hybridized carbons (Fsp3) is 0.462. The van der Waals surface area contributed by atoms with Crippen molar-refractivity contribution in [1.82, 2.24) is 0 Å². The molecule has 2 aliphatic rings. The summed E-state index contributed by atoms with van der Waals surface area (Å²) in [6.45, 7) is 0.614. The second-order valence-electron chi connectivity index (χ2n) is 3.93. The van der Waals surface area contributed by atoms with Crippen LogP contribution in [0.4, 0.5) is 0 Å². The minimum Gasteiger partial charge on any atom is -0.393 e. The maximum Gasteiger partial charge on any atom is 0.0785 e. The molecule has 0 radical (unpaired) electrons. The molecule has 0 spiro atoms. The number of hydrogen-bond donors (Lipinski definition) is 1. The normalized spacial score (nSPS) is 29.3. The van der Waals surface area contributed by atoms with Crippen LogP contribution in [0, 0.1) is 0 Å². The van der Waals surface area contributed by atoms with Crippen LogP contribution in [0.15, 0.2) is 41.7 Å². The van der Waals surface area contributed by atoms with Crippen molar-refractivity contribution in [2.45, 2.75) is 31.5 Å². The number of hydrogen-bond acceptors (Lipinski definition) is 2. The summed E-state index contributed by atoms with van der Waals surface area (Å²) >= 11 is 0. The fourth-order valence-corrected chi connectivity index (χ4v) is 1.76. The summed E-state index contributed by atoms with van der Waals surface area (Å²) in [5, 5.41) is 9.45. The quantitative estimate of drug-likeness (QED) is 0.563. The molecule has 2 nitrogen and oxygen atoms in total. The largest absolute Gasteiger partial charge is 0.393 e. The summed E-state index contributed by atoms with van der Waals surface area (Å²) in [7, 11) is 0. The summed E-state index contributed by atoms with van der Waals surface area (Å²) in [6, 6.07) is 0. The molecule has 0 heterocycles. The van der Waals surface area contributed by atoms with Crippen molar-refractivity contribution in [3.8, 4) is 0 Å². The third-order valence-corrected chi connectivity index (χ3v) is 2.61. The zero-order chi connectivity index (χ0) is 10.5. The summed E-state index contributed by atoms with van der Waals surface area (Å²) in [4.78, 5) is 0. The molecule has 0 amide bonds. The van der Waals surface area contributed by atoms with Crippen molar-refractivity contribution in [2.75, 3.05) is 6.61 Å². The maximum atomic E-state index is 9.45. The van der Waals surface area contributed by atoms with E-state index in [1.165, 1.54) is 5.57 Å². The fourth-order valence-electron chi connectivity index (χ4n) is 1.76. The predicted octanol–water partition coefficient (Wildman–Crippen LogP) is 2.12. The van der Waals surface area contributed by atoms with E-state index in [4.69, 9.17) is 4.74 Å². The summed E-state index contributed by atoms with van der Waals surface area (Å²) < 4.78 is 5.69. The van der Waals surface area contributed by atoms with E-state index < -0.39 is 0 Å². The Balaban J connectivity index is 1.80. The highest BCUT2D eigenvalue weighted by atomic mass is 16.5. The third-order valence-electron chi connectivity index (χ3n) is 2.61. The lowest BCUT2D eigenvalue weighted by Crippen LogP contribution is -2.22. The number of aliphatic hydroxyl groups excluding tert-OH is 1. The summed E-state index contributed by atoms with van der Waals surface area (Å²) in [6.07, 6.45) is 12.3. The molecule has 0 aromatic rings. The van der Waals surface area contributed by atoms with Crippen molar-refractivity contribution in [3.05, 3.63) is 41.7 Å². The number of allylic oxidation sites excluding steroid dienone is 1. The van der Waals surface area contributed by atoms with Gasteiger partial charge in [-0.3, -0.25) is 0 Å². The Morgan fingerprint density at radius 2 is 2.47 bits per heavy atom. The Bertz CT molecular complexity index is 332. The first-order valence-electron chi connectivity index (χ1n) is 5.41. The van der Waals surface area contributed by atoms with Gasteiger partial charge in [-0.05, 0) is 30.6 Å². The van der Waals surface area contributed by atoms with Gasteiger partial charge in [0.25, 0.3) is 0 Å². The monoisotopic (exact) mass is 204 g/mol. The van der Waals surface area contributed by atoms with Gasteiger partial charge in [0.05, 0.1) is 18.8 Å². The van der Waals surface area contributed by atoms with Crippen LogP contribution in [0.2, 0.25) is 0 Å². The van der Waals surface area contributed by atoms with Crippen molar-refractivity contribution >= 4 is 0 Å². The first-order valence-corrected chi connectivity index (χ1v) is 5.41. The topological polar surface area (TPSA) is 29.5 Å². The molecule has 2 rings (SSSR count). The van der Waals surface area contributed by atoms with Gasteiger partial charge in [0.15, 0.2) is 0 Å². The lowest BCUT2D eigenvalue weighted by Gasteiger charge is -2.21. The van der Waals surface area contributed by atoms with E-state index >= 15 is 0 Å². The molecule has 80 valence electrons. The van der Waals surface area contributed by atoms with E-state index in [0.29, 0.717) is 13.0 Å². The van der Waals surface area contributed by atoms with Gasteiger partial charge < -0.3 is 9.84 Å². The smallest absolute Gasteiger partial charge is 0.0785 e. The molecule has 0 bridgehead atoms. The van der Waals surface area contributed by atoms with Gasteiger partial charge >= 0.3 is 0 Å². The second-order valence-corrected chi connectivity index (χ2v) is 3.93. The molecule has 15 heavy (non-hydrogen) atoms. The lowest BCUT2D eigenvalue weighted by atomic mass is 10.0. The molecular weight excluding hydrogens is 188 g/mol. The highest BCUT2D eigenvalue weighted by molar-refractivity contribution is 5.23. The predicted molar refractivity (Wildman–Crippen MR) is 59.5 cm³/mol. The Morgan fingerprint density at radius 3 is 3.20 bits per heavy atom. The van der Waals surface area contributed by atoms with Crippen molar-refractivity contribution < 1.29 is 9.84 Å². The molecule has 0 saturated heterocycles. The molecule has 2 unspecified atom stereocenters. The van der Waals surface area contributed by atoms with Crippen molar-refractivity contribution in [1.29, 1.82) is 0 Å². The molecule has 0 fully saturated rings. The van der Waals surface area contributed by atoms with Crippen LogP contribution in [0.25, 0.3) is 0 Å². The Morgan fingerprint density at radius 1 is 1.53 bits per heavy atom. The van der Waals surface area contributed by atoms with Crippen LogP contribution < -0.4 is 0 Å². The van der Waals surface area contributed by atoms with E-state index in [-0.39, 0.29) is 12.2 Å². The van der Waals surface area contributed by atoms with E-state index in [9.17, 15) is 5.11 Å². The summed E-state index contributed by atoms with van der Waals surface area (Å²) in [5.74, 6) is 0. The zero-order valence-electron chi connectivity index (χ0n) is 8.73. The molecule has 0 aliphatic heterocycles. The Kier molecular flexibility index (Phi) is 3.57. The SMILES string of the molecule is OC1CC=CC(OCC2=CCC=C=C2)C1. The molecule has 2 heteroatoms. The highest BCUT2D eigenvalue weighted by Gasteiger charge is 2.15. The lowest BCUT2D eigenvalue weighted by molar-refractivity contribution is 0.0467. The standard InChI is InChI=1S/C13H16O2/c14-12-7-4-8-13(9-12)15-10-11-5-2-1-3-6-11/h1,4-6,8,12-14H,2,7,9-10H2. The zero-order valence-corrected chi connectivity index (χ0v) is 8.73. The summed E-state index contributed by atoms with van der Waals surface area (Å²) in [5.41, 5.74) is 4.24. The molecule has 0 aromatic carbocycles. The van der Waals surface area contributed by atoms with Crippen LogP contribution in [-0.2, 0) is 4.74 Å². The molecule has 1 N–H and O–H groups in total. The van der Waals surface area contributed by atoms with E-state index in [1.807, 2.05) is 24.3 Å². The van der Waals surface area contributed by atoms with E-state index in [2.05, 4.69) is 11.8 Å². The average Bonchev–Trinajstić information content (AvgIpc) is 2.28. The van der Waals surface area contributed by atoms with E-state index in [0.717, 1.165) is 12.8 Å². The molecule has 2 aliphatic carbocycles. The minimum atomic E-state index is -0.240. The van der Waals surface area contributed by atoms with Crippen LogP contribution >= 0.6 is 0 Å². The first-order chi connectivity index (χ1) is 7.34. The van der Waals surface area contributed by atoms with Crippen LogP contribution in [0.5, 0.6) is 0 Å². The second kappa shape index (κ2) is 5.13. The first kappa shape index (κ1) is 10.4. The molecular formula is C13H16O2. The Labute approximate surface area is 90.3 Å². The number of rotatable bonds is 3. The van der Waals surface area contributed by atoms with E-state index in [1.54, 1.807) is 0 Å². The van der Waals surface area contributed by atoms with Crippen molar-refractivity contribution in [2.24, 2.45) is 0 Å². The van der Waals surface area contributed by atoms with Crippen LogP contribution in [-0.4, -0.2) is 23.9 Å². The van der Waals surface area contributed by atoms with Crippen LogP contribution in [0.1, 0.15) is 19.3 Å². The van der Waals surface area contributed by atoms with Gasteiger partial charge in [-0.15, -0.1) is 5.73 Å². The average molecular weight is 204 g/mol. The van der Waals surface area contributed by atoms with Gasteiger partial charge in [-0.25, -0.2) is 0 Å². The molecule has 0 saturated carbocycles. The van der Waals surface area contributed by atoms with Crippen molar-refractivity contribution in [3.63, 3.8) is 0 Å². The highest BCUT2D eigenvalue weighted by Crippen LogP contribution is 2.16. The Hall–Kier alpha value is -1.08.